The summed E-state index contributed by atoms with van der Waals surface area (Å²) < 4.78 is 0. The molecule has 0 spiro atoms. The summed E-state index contributed by atoms with van der Waals surface area (Å²) in [7, 11) is 0. The molecule has 19 heavy (non-hydrogen) atoms. The van der Waals surface area contributed by atoms with Gasteiger partial charge in [0.1, 0.15) is 0 Å². The molecule has 5 N–H and O–H groups in total. The van der Waals surface area contributed by atoms with Crippen LogP contribution < -0.4 is 17.0 Å². The van der Waals surface area contributed by atoms with Crippen molar-refractivity contribution in [1.29, 1.82) is 0 Å². The van der Waals surface area contributed by atoms with Crippen LogP contribution in [0.15, 0.2) is 29.1 Å². The normalized spacial score (nSPS) is 10.8. The molecule has 96 valence electrons. The van der Waals surface area contributed by atoms with Crippen LogP contribution in [0.3, 0.4) is 0 Å². The molecule has 3 aromatic rings. The second kappa shape index (κ2) is 4.21. The SMILES string of the molecule is Cc1cc(-c2ccc3[nH]c(=O)[nH]c3c2)nc(NN)n1. The fourth-order valence-electron chi connectivity index (χ4n) is 1.97. The van der Waals surface area contributed by atoms with E-state index in [2.05, 4.69) is 25.4 Å². The zero-order valence-electron chi connectivity index (χ0n) is 10.2. The second-order valence-electron chi connectivity index (χ2n) is 4.20. The molecule has 0 aliphatic rings. The largest absolute Gasteiger partial charge is 0.323 e. The van der Waals surface area contributed by atoms with Gasteiger partial charge in [-0.15, -0.1) is 0 Å². The molecule has 0 fully saturated rings. The van der Waals surface area contributed by atoms with E-state index in [1.165, 1.54) is 0 Å². The highest BCUT2D eigenvalue weighted by Crippen LogP contribution is 2.21. The van der Waals surface area contributed by atoms with E-state index in [-0.39, 0.29) is 5.69 Å². The lowest BCUT2D eigenvalue weighted by atomic mass is 10.1. The number of hydrazine groups is 1. The Balaban J connectivity index is 2.17. The second-order valence-corrected chi connectivity index (χ2v) is 4.20. The Kier molecular flexibility index (Phi) is 2.53. The summed E-state index contributed by atoms with van der Waals surface area (Å²) in [5.41, 5.74) is 6.13. The summed E-state index contributed by atoms with van der Waals surface area (Å²) in [6, 6.07) is 7.42. The molecule has 1 aromatic carbocycles. The number of benzene rings is 1. The van der Waals surface area contributed by atoms with E-state index in [1.807, 2.05) is 31.2 Å². The number of nitrogens with one attached hydrogen (secondary N) is 3. The van der Waals surface area contributed by atoms with E-state index in [1.54, 1.807) is 0 Å². The fourth-order valence-corrected chi connectivity index (χ4v) is 1.97. The fraction of sp³-hybridized carbons (Fsp3) is 0.0833. The Labute approximate surface area is 107 Å². The first-order valence-corrected chi connectivity index (χ1v) is 5.70. The summed E-state index contributed by atoms with van der Waals surface area (Å²) in [5.74, 6) is 5.69. The summed E-state index contributed by atoms with van der Waals surface area (Å²) in [4.78, 5) is 25.1. The first-order chi connectivity index (χ1) is 9.15. The molecular formula is C12H12N6O. The van der Waals surface area contributed by atoms with Crippen molar-refractivity contribution in [2.75, 3.05) is 5.43 Å². The summed E-state index contributed by atoms with van der Waals surface area (Å²) in [5, 5.41) is 0. The number of imidazole rings is 1. The molecule has 0 bridgehead atoms. The van der Waals surface area contributed by atoms with Crippen LogP contribution in [0.25, 0.3) is 22.3 Å². The van der Waals surface area contributed by atoms with E-state index in [0.29, 0.717) is 5.95 Å². The molecular weight excluding hydrogens is 244 g/mol. The Morgan fingerprint density at radius 2 is 1.95 bits per heavy atom. The van der Waals surface area contributed by atoms with Crippen LogP contribution in [0, 0.1) is 6.92 Å². The predicted octanol–water partition coefficient (Wildman–Crippen LogP) is 0.907. The van der Waals surface area contributed by atoms with Crippen LogP contribution in [-0.4, -0.2) is 19.9 Å². The van der Waals surface area contributed by atoms with Crippen molar-refractivity contribution in [2.24, 2.45) is 5.84 Å². The van der Waals surface area contributed by atoms with Crippen LogP contribution in [0.5, 0.6) is 0 Å². The molecule has 7 nitrogen and oxygen atoms in total. The van der Waals surface area contributed by atoms with Crippen molar-refractivity contribution in [3.8, 4) is 11.3 Å². The quantitative estimate of drug-likeness (QED) is 0.402. The molecule has 7 heteroatoms. The van der Waals surface area contributed by atoms with Crippen LogP contribution in [-0.2, 0) is 0 Å². The van der Waals surface area contributed by atoms with Gasteiger partial charge in [-0.3, -0.25) is 5.43 Å². The lowest BCUT2D eigenvalue weighted by Crippen LogP contribution is -2.11. The van der Waals surface area contributed by atoms with E-state index < -0.39 is 0 Å². The lowest BCUT2D eigenvalue weighted by Gasteiger charge is -2.05. The van der Waals surface area contributed by atoms with Gasteiger partial charge in [-0.1, -0.05) is 6.07 Å². The maximum atomic E-state index is 11.2. The van der Waals surface area contributed by atoms with E-state index in [9.17, 15) is 4.79 Å². The molecule has 0 aliphatic heterocycles. The van der Waals surface area contributed by atoms with Gasteiger partial charge in [-0.2, -0.15) is 0 Å². The number of rotatable bonds is 2. The zero-order chi connectivity index (χ0) is 13.4. The van der Waals surface area contributed by atoms with Gasteiger partial charge in [0.25, 0.3) is 0 Å². The Morgan fingerprint density at radius 1 is 1.16 bits per heavy atom. The molecule has 0 atom stereocenters. The molecule has 3 rings (SSSR count). The maximum absolute atomic E-state index is 11.2. The molecule has 2 heterocycles. The van der Waals surface area contributed by atoms with Gasteiger partial charge in [0.2, 0.25) is 5.95 Å². The van der Waals surface area contributed by atoms with Gasteiger partial charge in [0, 0.05) is 11.3 Å². The van der Waals surface area contributed by atoms with Crippen LogP contribution in [0.2, 0.25) is 0 Å². The average Bonchev–Trinajstić information content (AvgIpc) is 2.76. The van der Waals surface area contributed by atoms with E-state index in [0.717, 1.165) is 28.0 Å². The third kappa shape index (κ3) is 2.06. The van der Waals surface area contributed by atoms with Crippen molar-refractivity contribution in [1.82, 2.24) is 19.9 Å². The number of aryl methyl sites for hydroxylation is 1. The maximum Gasteiger partial charge on any atom is 0.323 e. The highest BCUT2D eigenvalue weighted by molar-refractivity contribution is 5.80. The first-order valence-electron chi connectivity index (χ1n) is 5.70. The molecule has 0 unspecified atom stereocenters. The number of fused-ring (bicyclic) bond motifs is 1. The van der Waals surface area contributed by atoms with Crippen LogP contribution in [0.4, 0.5) is 5.95 Å². The Hall–Kier alpha value is -2.67. The number of nitrogen functional groups attached to an aromatic ring is 1. The number of nitrogens with two attached hydrogens (primary N) is 1. The van der Waals surface area contributed by atoms with Crippen molar-refractivity contribution in [3.05, 3.63) is 40.4 Å². The van der Waals surface area contributed by atoms with Gasteiger partial charge in [-0.25, -0.2) is 20.6 Å². The Bertz CT molecular complexity index is 803. The number of hydrogen-bond acceptors (Lipinski definition) is 5. The summed E-state index contributed by atoms with van der Waals surface area (Å²) >= 11 is 0. The monoisotopic (exact) mass is 256 g/mol. The molecule has 0 amide bonds. The minimum Gasteiger partial charge on any atom is -0.306 e. The van der Waals surface area contributed by atoms with Crippen LogP contribution in [0.1, 0.15) is 5.69 Å². The summed E-state index contributed by atoms with van der Waals surface area (Å²) in [6.07, 6.45) is 0. The Morgan fingerprint density at radius 3 is 2.74 bits per heavy atom. The average molecular weight is 256 g/mol. The molecule has 0 aliphatic carbocycles. The van der Waals surface area contributed by atoms with Crippen molar-refractivity contribution in [3.63, 3.8) is 0 Å². The highest BCUT2D eigenvalue weighted by Gasteiger charge is 2.06. The summed E-state index contributed by atoms with van der Waals surface area (Å²) in [6.45, 7) is 1.86. The van der Waals surface area contributed by atoms with Gasteiger partial charge in [-0.05, 0) is 25.1 Å². The van der Waals surface area contributed by atoms with Gasteiger partial charge in [0.15, 0.2) is 0 Å². The van der Waals surface area contributed by atoms with Gasteiger partial charge >= 0.3 is 5.69 Å². The van der Waals surface area contributed by atoms with Crippen molar-refractivity contribution >= 4 is 17.0 Å². The number of nitrogens with zero attached hydrogens (tertiary/aromatic N) is 2. The molecule has 0 radical (unpaired) electrons. The number of aromatic amines is 2. The zero-order valence-corrected chi connectivity index (χ0v) is 10.2. The van der Waals surface area contributed by atoms with Crippen molar-refractivity contribution < 1.29 is 0 Å². The molecule has 0 saturated carbocycles. The van der Waals surface area contributed by atoms with Gasteiger partial charge in [0.05, 0.1) is 16.7 Å². The first kappa shape index (κ1) is 11.4. The lowest BCUT2D eigenvalue weighted by molar-refractivity contribution is 1.08. The topological polar surface area (TPSA) is 112 Å². The number of aromatic nitrogens is 4. The van der Waals surface area contributed by atoms with E-state index in [4.69, 9.17) is 5.84 Å². The van der Waals surface area contributed by atoms with Gasteiger partial charge < -0.3 is 9.97 Å². The molecule has 0 saturated heterocycles. The predicted molar refractivity (Wildman–Crippen MR) is 72.5 cm³/mol. The highest BCUT2D eigenvalue weighted by atomic mass is 16.1. The third-order valence-corrected chi connectivity index (χ3v) is 2.80. The minimum absolute atomic E-state index is 0.227. The van der Waals surface area contributed by atoms with E-state index >= 15 is 0 Å². The molecule has 2 aromatic heterocycles. The number of H-pyrrole nitrogens is 2. The number of hydrogen-bond donors (Lipinski definition) is 4. The van der Waals surface area contributed by atoms with Crippen LogP contribution >= 0.6 is 0 Å². The number of anilines is 1. The standard InChI is InChI=1S/C12H12N6O/c1-6-4-9(15-11(14-6)18-13)7-2-3-8-10(5-7)17-12(19)16-8/h2-5H,13H2,1H3,(H,14,15,18)(H2,16,17,19). The minimum atomic E-state index is -0.227. The third-order valence-electron chi connectivity index (χ3n) is 2.80. The smallest absolute Gasteiger partial charge is 0.306 e. The van der Waals surface area contributed by atoms with Crippen molar-refractivity contribution in [2.45, 2.75) is 6.92 Å².